The van der Waals surface area contributed by atoms with Crippen molar-refractivity contribution in [1.29, 1.82) is 0 Å². The van der Waals surface area contributed by atoms with Gasteiger partial charge in [-0.15, -0.1) is 0 Å². The third kappa shape index (κ3) is 2.93. The van der Waals surface area contributed by atoms with Crippen molar-refractivity contribution in [2.24, 2.45) is 5.92 Å². The third-order valence-electron chi connectivity index (χ3n) is 3.99. The fourth-order valence-corrected chi connectivity index (χ4v) is 2.70. The Morgan fingerprint density at radius 3 is 2.72 bits per heavy atom. The van der Waals surface area contributed by atoms with Crippen LogP contribution in [0.4, 0.5) is 0 Å². The van der Waals surface area contributed by atoms with Crippen LogP contribution in [0.25, 0.3) is 0 Å². The number of hydrogen-bond donors (Lipinski definition) is 1. The maximum Gasteiger partial charge on any atom is 0.0818 e. The first-order chi connectivity index (χ1) is 8.76. The normalized spacial score (nSPS) is 17.5. The van der Waals surface area contributed by atoms with Crippen LogP contribution in [-0.4, -0.2) is 5.11 Å². The summed E-state index contributed by atoms with van der Waals surface area (Å²) in [4.78, 5) is 0. The number of aliphatic hydroxyl groups excluding tert-OH is 1. The van der Waals surface area contributed by atoms with Gasteiger partial charge in [-0.1, -0.05) is 51.3 Å². The topological polar surface area (TPSA) is 29.5 Å². The number of rotatable bonds is 6. The first-order valence-corrected chi connectivity index (χ1v) is 7.13. The first-order valence-electron chi connectivity index (χ1n) is 7.13. The number of benzene rings is 1. The highest BCUT2D eigenvalue weighted by atomic mass is 16.5. The Morgan fingerprint density at radius 1 is 1.22 bits per heavy atom. The third-order valence-corrected chi connectivity index (χ3v) is 3.99. The van der Waals surface area contributed by atoms with Crippen molar-refractivity contribution in [2.75, 3.05) is 0 Å². The average molecular weight is 248 g/mol. The molecule has 2 atom stereocenters. The number of unbranched alkanes of at least 4 members (excludes halogenated alkanes) is 1. The van der Waals surface area contributed by atoms with E-state index in [4.69, 9.17) is 4.74 Å². The van der Waals surface area contributed by atoms with Crippen molar-refractivity contribution in [3.05, 3.63) is 34.9 Å². The Kier molecular flexibility index (Phi) is 4.79. The minimum atomic E-state index is -0.326. The summed E-state index contributed by atoms with van der Waals surface area (Å²) in [5, 5.41) is 10.5. The van der Waals surface area contributed by atoms with E-state index in [1.165, 1.54) is 24.0 Å². The maximum atomic E-state index is 10.5. The summed E-state index contributed by atoms with van der Waals surface area (Å²) in [6.45, 7) is 5.78. The van der Waals surface area contributed by atoms with Gasteiger partial charge in [0.25, 0.3) is 0 Å². The molecule has 1 aromatic rings. The maximum absolute atomic E-state index is 10.5. The number of aliphatic hydroxyl groups is 1. The molecule has 2 rings (SSSR count). The molecule has 100 valence electrons. The van der Waals surface area contributed by atoms with Gasteiger partial charge in [0.1, 0.15) is 0 Å². The van der Waals surface area contributed by atoms with Gasteiger partial charge >= 0.3 is 0 Å². The fourth-order valence-electron chi connectivity index (χ4n) is 2.70. The molecular formula is C16H24O2. The molecule has 1 N–H and O–H groups in total. The van der Waals surface area contributed by atoms with Crippen LogP contribution in [0, 0.1) is 5.92 Å². The minimum absolute atomic E-state index is 0.326. The lowest BCUT2D eigenvalue weighted by atomic mass is 9.88. The van der Waals surface area contributed by atoms with Crippen molar-refractivity contribution in [3.63, 3.8) is 0 Å². The predicted octanol–water partition coefficient (Wildman–Crippen LogP) is 3.97. The summed E-state index contributed by atoms with van der Waals surface area (Å²) in [5.41, 5.74) is 3.58. The van der Waals surface area contributed by atoms with E-state index < -0.39 is 0 Å². The molecule has 2 nitrogen and oxygen atoms in total. The van der Waals surface area contributed by atoms with Gasteiger partial charge in [0.15, 0.2) is 0 Å². The number of hydrogen-bond acceptors (Lipinski definition) is 2. The second-order valence-electron chi connectivity index (χ2n) is 5.28. The van der Waals surface area contributed by atoms with E-state index in [1.54, 1.807) is 0 Å². The second-order valence-corrected chi connectivity index (χ2v) is 5.28. The molecule has 0 radical (unpaired) electrons. The first kappa shape index (κ1) is 13.6. The molecule has 2 heteroatoms. The molecule has 0 amide bonds. The molecule has 0 saturated heterocycles. The van der Waals surface area contributed by atoms with Crippen molar-refractivity contribution in [3.8, 4) is 0 Å². The van der Waals surface area contributed by atoms with E-state index in [-0.39, 0.29) is 6.10 Å². The lowest BCUT2D eigenvalue weighted by Gasteiger charge is -2.22. The standard InChI is InChI=1S/C16H24O2/c1-3-5-6-12(4-2)16(17)13-7-8-14-10-18-11-15(14)9-13/h7-9,12,16-17H,3-6,10-11H2,1-2H3. The van der Waals surface area contributed by atoms with Gasteiger partial charge in [-0.05, 0) is 29.0 Å². The van der Waals surface area contributed by atoms with Crippen LogP contribution in [0.2, 0.25) is 0 Å². The molecule has 0 spiro atoms. The highest BCUT2D eigenvalue weighted by molar-refractivity contribution is 5.34. The number of fused-ring (bicyclic) bond motifs is 1. The molecule has 2 unspecified atom stereocenters. The molecule has 0 aliphatic carbocycles. The summed E-state index contributed by atoms with van der Waals surface area (Å²) in [7, 11) is 0. The quantitative estimate of drug-likeness (QED) is 0.825. The van der Waals surface area contributed by atoms with Gasteiger partial charge in [0.2, 0.25) is 0 Å². The molecular weight excluding hydrogens is 224 g/mol. The van der Waals surface area contributed by atoms with Crippen LogP contribution >= 0.6 is 0 Å². The van der Waals surface area contributed by atoms with Gasteiger partial charge in [0, 0.05) is 0 Å². The Labute approximate surface area is 110 Å². The van der Waals surface area contributed by atoms with Crippen molar-refractivity contribution >= 4 is 0 Å². The van der Waals surface area contributed by atoms with Crippen LogP contribution in [0.3, 0.4) is 0 Å². The Bertz CT molecular complexity index is 387. The molecule has 0 saturated carbocycles. The summed E-state index contributed by atoms with van der Waals surface area (Å²) in [6.07, 6.45) is 4.22. The second kappa shape index (κ2) is 6.35. The zero-order chi connectivity index (χ0) is 13.0. The largest absolute Gasteiger partial charge is 0.388 e. The predicted molar refractivity (Wildman–Crippen MR) is 73.2 cm³/mol. The zero-order valence-electron chi connectivity index (χ0n) is 11.5. The smallest absolute Gasteiger partial charge is 0.0818 e. The fraction of sp³-hybridized carbons (Fsp3) is 0.625. The van der Waals surface area contributed by atoms with E-state index in [9.17, 15) is 5.11 Å². The molecule has 1 heterocycles. The van der Waals surface area contributed by atoms with Crippen molar-refractivity contribution < 1.29 is 9.84 Å². The molecule has 0 aromatic heterocycles. The van der Waals surface area contributed by atoms with Crippen LogP contribution in [0.15, 0.2) is 18.2 Å². The summed E-state index contributed by atoms with van der Waals surface area (Å²) in [5.74, 6) is 0.380. The Morgan fingerprint density at radius 2 is 2.00 bits per heavy atom. The van der Waals surface area contributed by atoms with E-state index in [1.807, 2.05) is 0 Å². The highest BCUT2D eigenvalue weighted by Gasteiger charge is 2.21. The van der Waals surface area contributed by atoms with Gasteiger partial charge in [-0.25, -0.2) is 0 Å². The number of ether oxygens (including phenoxy) is 1. The Balaban J connectivity index is 2.09. The van der Waals surface area contributed by atoms with E-state index in [0.29, 0.717) is 12.5 Å². The van der Waals surface area contributed by atoms with E-state index in [0.717, 1.165) is 25.0 Å². The highest BCUT2D eigenvalue weighted by Crippen LogP contribution is 2.31. The van der Waals surface area contributed by atoms with Crippen LogP contribution in [0.1, 0.15) is 62.3 Å². The van der Waals surface area contributed by atoms with Crippen LogP contribution in [0.5, 0.6) is 0 Å². The molecule has 0 bridgehead atoms. The Hall–Kier alpha value is -0.860. The molecule has 18 heavy (non-hydrogen) atoms. The summed E-state index contributed by atoms with van der Waals surface area (Å²) < 4.78 is 5.42. The summed E-state index contributed by atoms with van der Waals surface area (Å²) in [6, 6.07) is 6.29. The van der Waals surface area contributed by atoms with Gasteiger partial charge in [-0.3, -0.25) is 0 Å². The van der Waals surface area contributed by atoms with Crippen LogP contribution < -0.4 is 0 Å². The SMILES string of the molecule is CCCCC(CC)C(O)c1ccc2c(c1)COC2. The molecule has 1 aromatic carbocycles. The average Bonchev–Trinajstić information content (AvgIpc) is 2.86. The lowest BCUT2D eigenvalue weighted by Crippen LogP contribution is -2.12. The monoisotopic (exact) mass is 248 g/mol. The van der Waals surface area contributed by atoms with Gasteiger partial charge < -0.3 is 9.84 Å². The summed E-state index contributed by atoms with van der Waals surface area (Å²) >= 11 is 0. The zero-order valence-corrected chi connectivity index (χ0v) is 11.5. The van der Waals surface area contributed by atoms with Crippen molar-refractivity contribution in [1.82, 2.24) is 0 Å². The van der Waals surface area contributed by atoms with Gasteiger partial charge in [-0.2, -0.15) is 0 Å². The molecule has 0 fully saturated rings. The molecule has 1 aliphatic heterocycles. The minimum Gasteiger partial charge on any atom is -0.388 e. The van der Waals surface area contributed by atoms with E-state index in [2.05, 4.69) is 32.0 Å². The van der Waals surface area contributed by atoms with E-state index >= 15 is 0 Å². The molecule has 1 aliphatic rings. The van der Waals surface area contributed by atoms with Crippen molar-refractivity contribution in [2.45, 2.75) is 58.8 Å². The lowest BCUT2D eigenvalue weighted by molar-refractivity contribution is 0.0987. The van der Waals surface area contributed by atoms with Crippen LogP contribution in [-0.2, 0) is 18.0 Å². The van der Waals surface area contributed by atoms with Gasteiger partial charge in [0.05, 0.1) is 19.3 Å².